The predicted molar refractivity (Wildman–Crippen MR) is 55.7 cm³/mol. The van der Waals surface area contributed by atoms with Crippen LogP contribution in [0.4, 0.5) is 10.1 Å². The molecule has 1 unspecified atom stereocenters. The van der Waals surface area contributed by atoms with Gasteiger partial charge >= 0.3 is 0 Å². The summed E-state index contributed by atoms with van der Waals surface area (Å²) in [4.78, 5) is 0. The molecule has 3 heteroatoms. The topological polar surface area (TPSA) is 6.48 Å². The summed E-state index contributed by atoms with van der Waals surface area (Å²) < 4.78 is 13.4. The Bertz CT molecular complexity index is 289. The van der Waals surface area contributed by atoms with Crippen molar-refractivity contribution in [2.45, 2.75) is 19.1 Å². The van der Waals surface area contributed by atoms with Crippen LogP contribution in [0.3, 0.4) is 0 Å². The van der Waals surface area contributed by atoms with Gasteiger partial charge in [0, 0.05) is 13.6 Å². The Morgan fingerprint density at radius 1 is 1.36 bits per heavy atom. The third-order valence-electron chi connectivity index (χ3n) is 2.67. The molecule has 2 rings (SSSR count). The number of hydrazine groups is 1. The van der Waals surface area contributed by atoms with Crippen molar-refractivity contribution >= 4 is 5.69 Å². The van der Waals surface area contributed by atoms with E-state index < -0.39 is 6.30 Å². The van der Waals surface area contributed by atoms with Gasteiger partial charge in [0.2, 0.25) is 0 Å². The molecular formula is C11H15FN2. The van der Waals surface area contributed by atoms with Gasteiger partial charge in [0.1, 0.15) is 0 Å². The van der Waals surface area contributed by atoms with E-state index in [9.17, 15) is 4.39 Å². The van der Waals surface area contributed by atoms with E-state index in [-0.39, 0.29) is 0 Å². The van der Waals surface area contributed by atoms with Crippen LogP contribution in [0.15, 0.2) is 30.3 Å². The molecule has 76 valence electrons. The Kier molecular flexibility index (Phi) is 2.68. The Balaban J connectivity index is 2.12. The van der Waals surface area contributed by atoms with Crippen LogP contribution in [0.2, 0.25) is 0 Å². The number of anilines is 1. The van der Waals surface area contributed by atoms with Gasteiger partial charge in [0.05, 0.1) is 5.69 Å². The highest BCUT2D eigenvalue weighted by atomic mass is 19.1. The molecule has 0 amide bonds. The number of nitrogens with zero attached hydrogens (tertiary/aromatic N) is 2. The van der Waals surface area contributed by atoms with Gasteiger partial charge in [-0.05, 0) is 25.0 Å². The van der Waals surface area contributed by atoms with Crippen molar-refractivity contribution < 1.29 is 4.39 Å². The van der Waals surface area contributed by atoms with Crippen molar-refractivity contribution in [3.05, 3.63) is 30.3 Å². The van der Waals surface area contributed by atoms with Crippen molar-refractivity contribution in [3.8, 4) is 0 Å². The van der Waals surface area contributed by atoms with E-state index >= 15 is 0 Å². The van der Waals surface area contributed by atoms with Crippen LogP contribution in [0, 0.1) is 0 Å². The molecule has 0 N–H and O–H groups in total. The maximum Gasteiger partial charge on any atom is 0.170 e. The largest absolute Gasteiger partial charge is 0.306 e. The molecule has 1 fully saturated rings. The first-order chi connectivity index (χ1) is 6.79. The van der Waals surface area contributed by atoms with E-state index in [1.165, 1.54) is 0 Å². The molecule has 0 radical (unpaired) electrons. The average molecular weight is 194 g/mol. The number of alkyl halides is 1. The van der Waals surface area contributed by atoms with Gasteiger partial charge in [0.25, 0.3) is 0 Å². The molecule has 1 aliphatic rings. The Morgan fingerprint density at radius 2 is 2.07 bits per heavy atom. The summed E-state index contributed by atoms with van der Waals surface area (Å²) in [5, 5.41) is 3.67. The molecule has 14 heavy (non-hydrogen) atoms. The van der Waals surface area contributed by atoms with Crippen LogP contribution in [0.1, 0.15) is 12.8 Å². The second kappa shape index (κ2) is 3.96. The highest BCUT2D eigenvalue weighted by molar-refractivity contribution is 5.44. The quantitative estimate of drug-likeness (QED) is 0.667. The molecule has 0 saturated carbocycles. The van der Waals surface area contributed by atoms with Crippen molar-refractivity contribution in [1.82, 2.24) is 5.01 Å². The molecule has 0 bridgehead atoms. The zero-order valence-corrected chi connectivity index (χ0v) is 8.36. The maximum absolute atomic E-state index is 13.4. The smallest absolute Gasteiger partial charge is 0.170 e. The van der Waals surface area contributed by atoms with Gasteiger partial charge in [0.15, 0.2) is 6.30 Å². The maximum atomic E-state index is 13.4. The number of hydrogen-bond acceptors (Lipinski definition) is 2. The van der Waals surface area contributed by atoms with E-state index in [4.69, 9.17) is 0 Å². The first-order valence-corrected chi connectivity index (χ1v) is 4.98. The standard InChI is InChI=1S/C11H15FN2/c1-13(10-6-3-2-4-7-10)14-9-5-8-11(14)12/h2-4,6-7,11H,5,8-9H2,1H3. The lowest BCUT2D eigenvalue weighted by atomic mass is 10.3. The fraction of sp³-hybridized carbons (Fsp3) is 0.455. The highest BCUT2D eigenvalue weighted by Gasteiger charge is 2.27. The Hall–Kier alpha value is -1.09. The fourth-order valence-corrected chi connectivity index (χ4v) is 1.84. The van der Waals surface area contributed by atoms with Crippen LogP contribution in [0.25, 0.3) is 0 Å². The first-order valence-electron chi connectivity index (χ1n) is 4.98. The third-order valence-corrected chi connectivity index (χ3v) is 2.67. The first kappa shape index (κ1) is 9.46. The Morgan fingerprint density at radius 3 is 2.64 bits per heavy atom. The van der Waals surface area contributed by atoms with E-state index in [0.717, 1.165) is 18.7 Å². The Labute approximate surface area is 83.9 Å². The minimum absolute atomic E-state index is 0.650. The van der Waals surface area contributed by atoms with Crippen LogP contribution in [0.5, 0.6) is 0 Å². The molecule has 1 saturated heterocycles. The van der Waals surface area contributed by atoms with E-state index in [1.54, 1.807) is 5.01 Å². The predicted octanol–water partition coefficient (Wildman–Crippen LogP) is 2.43. The van der Waals surface area contributed by atoms with Gasteiger partial charge in [-0.25, -0.2) is 4.39 Å². The summed E-state index contributed by atoms with van der Waals surface area (Å²) in [6, 6.07) is 9.88. The summed E-state index contributed by atoms with van der Waals surface area (Å²) in [6.45, 7) is 0.812. The van der Waals surface area contributed by atoms with Gasteiger partial charge in [-0.2, -0.15) is 5.01 Å². The summed E-state index contributed by atoms with van der Waals surface area (Å²) in [5.74, 6) is 0. The molecule has 1 aliphatic heterocycles. The summed E-state index contributed by atoms with van der Waals surface area (Å²) in [5.41, 5.74) is 1.04. The number of halogens is 1. The highest BCUT2D eigenvalue weighted by Crippen LogP contribution is 2.23. The van der Waals surface area contributed by atoms with Gasteiger partial charge in [-0.1, -0.05) is 18.2 Å². The van der Waals surface area contributed by atoms with Gasteiger partial charge in [-0.15, -0.1) is 0 Å². The molecular weight excluding hydrogens is 179 g/mol. The van der Waals surface area contributed by atoms with Crippen molar-refractivity contribution in [2.75, 3.05) is 18.6 Å². The fourth-order valence-electron chi connectivity index (χ4n) is 1.84. The minimum Gasteiger partial charge on any atom is -0.306 e. The van der Waals surface area contributed by atoms with E-state index in [1.807, 2.05) is 42.4 Å². The zero-order valence-electron chi connectivity index (χ0n) is 8.36. The summed E-state index contributed by atoms with van der Waals surface area (Å²) >= 11 is 0. The number of benzene rings is 1. The minimum atomic E-state index is -0.819. The number of rotatable bonds is 2. The second-order valence-electron chi connectivity index (χ2n) is 3.60. The molecule has 0 aliphatic carbocycles. The van der Waals surface area contributed by atoms with Crippen LogP contribution < -0.4 is 5.01 Å². The normalized spacial score (nSPS) is 22.6. The van der Waals surface area contributed by atoms with Crippen molar-refractivity contribution in [1.29, 1.82) is 0 Å². The van der Waals surface area contributed by atoms with E-state index in [2.05, 4.69) is 0 Å². The van der Waals surface area contributed by atoms with Crippen molar-refractivity contribution in [3.63, 3.8) is 0 Å². The lowest BCUT2D eigenvalue weighted by Crippen LogP contribution is -2.41. The lowest BCUT2D eigenvalue weighted by molar-refractivity contribution is 0.121. The second-order valence-corrected chi connectivity index (χ2v) is 3.60. The summed E-state index contributed by atoms with van der Waals surface area (Å²) in [7, 11) is 1.91. The SMILES string of the molecule is CN(c1ccccc1)N1CCCC1F. The van der Waals surface area contributed by atoms with Crippen LogP contribution in [-0.2, 0) is 0 Å². The van der Waals surface area contributed by atoms with Crippen molar-refractivity contribution in [2.24, 2.45) is 0 Å². The third kappa shape index (κ3) is 1.73. The molecule has 1 aromatic rings. The average Bonchev–Trinajstić information content (AvgIpc) is 2.65. The van der Waals surface area contributed by atoms with Gasteiger partial charge < -0.3 is 5.01 Å². The summed E-state index contributed by atoms with van der Waals surface area (Å²) in [6.07, 6.45) is 0.774. The van der Waals surface area contributed by atoms with Crippen LogP contribution in [-0.4, -0.2) is 24.9 Å². The zero-order chi connectivity index (χ0) is 9.97. The monoisotopic (exact) mass is 194 g/mol. The molecule has 0 aromatic heterocycles. The number of hydrogen-bond donors (Lipinski definition) is 0. The molecule has 2 nitrogen and oxygen atoms in total. The van der Waals surface area contributed by atoms with Crippen LogP contribution >= 0.6 is 0 Å². The van der Waals surface area contributed by atoms with Gasteiger partial charge in [-0.3, -0.25) is 0 Å². The molecule has 0 spiro atoms. The lowest BCUT2D eigenvalue weighted by Gasteiger charge is -2.31. The van der Waals surface area contributed by atoms with E-state index in [0.29, 0.717) is 6.42 Å². The molecule has 1 atom stereocenters. The number of para-hydroxylation sites is 1. The molecule has 1 aromatic carbocycles. The molecule has 1 heterocycles.